The Balaban J connectivity index is 0.00000117. The summed E-state index contributed by atoms with van der Waals surface area (Å²) in [7, 11) is 0. The first-order valence-electron chi connectivity index (χ1n) is 9.20. The van der Waals surface area contributed by atoms with Crippen LogP contribution < -0.4 is 5.32 Å². The van der Waals surface area contributed by atoms with E-state index < -0.39 is 0 Å². The van der Waals surface area contributed by atoms with Crippen LogP contribution in [-0.4, -0.2) is 29.0 Å². The van der Waals surface area contributed by atoms with E-state index in [0.717, 1.165) is 48.4 Å². The zero-order valence-corrected chi connectivity index (χ0v) is 16.4. The van der Waals surface area contributed by atoms with E-state index in [2.05, 4.69) is 5.32 Å². The largest absolute Gasteiger partial charge is 0.506 e. The van der Waals surface area contributed by atoms with Gasteiger partial charge in [-0.3, -0.25) is 4.79 Å². The summed E-state index contributed by atoms with van der Waals surface area (Å²) in [4.78, 5) is 14.5. The highest BCUT2D eigenvalue weighted by molar-refractivity contribution is 6.32. The molecule has 0 bridgehead atoms. The highest BCUT2D eigenvalue weighted by atomic mass is 35.5. The van der Waals surface area contributed by atoms with Gasteiger partial charge in [0.15, 0.2) is 0 Å². The normalized spacial score (nSPS) is 13.6. The van der Waals surface area contributed by atoms with E-state index in [-0.39, 0.29) is 11.7 Å². The minimum atomic E-state index is 0.0569. The quantitative estimate of drug-likeness (QED) is 0.672. The summed E-state index contributed by atoms with van der Waals surface area (Å²) in [6.07, 6.45) is 3.39. The van der Waals surface area contributed by atoms with Crippen molar-refractivity contribution in [3.8, 4) is 5.75 Å². The van der Waals surface area contributed by atoms with Gasteiger partial charge in [0, 0.05) is 30.0 Å². The van der Waals surface area contributed by atoms with Crippen molar-refractivity contribution in [2.75, 3.05) is 18.4 Å². The summed E-state index contributed by atoms with van der Waals surface area (Å²) in [6, 6.07) is 10.7. The molecule has 1 amide bonds. The van der Waals surface area contributed by atoms with Gasteiger partial charge < -0.3 is 15.3 Å². The molecule has 0 aliphatic carbocycles. The monoisotopic (exact) mass is 374 g/mol. The number of aromatic hydroxyl groups is 1. The number of piperidine rings is 1. The Kier molecular flexibility index (Phi) is 7.34. The van der Waals surface area contributed by atoms with Crippen molar-refractivity contribution in [1.82, 2.24) is 4.90 Å². The number of likely N-dealkylation sites (tertiary alicyclic amines) is 1. The molecular formula is C21H27ClN2O2. The molecule has 2 aromatic carbocycles. The number of rotatable bonds is 3. The second-order valence-electron chi connectivity index (χ2n) is 6.17. The third kappa shape index (κ3) is 4.92. The van der Waals surface area contributed by atoms with E-state index in [1.54, 1.807) is 18.2 Å². The van der Waals surface area contributed by atoms with Crippen LogP contribution >= 0.6 is 11.6 Å². The minimum absolute atomic E-state index is 0.0569. The Labute approximate surface area is 160 Å². The molecule has 1 saturated heterocycles. The highest BCUT2D eigenvalue weighted by Gasteiger charge is 2.18. The van der Waals surface area contributed by atoms with Crippen LogP contribution in [0.4, 0.5) is 11.4 Å². The topological polar surface area (TPSA) is 52.6 Å². The van der Waals surface area contributed by atoms with E-state index in [1.807, 2.05) is 43.9 Å². The fraction of sp³-hybridized carbons (Fsp3) is 0.381. The molecule has 1 fully saturated rings. The van der Waals surface area contributed by atoms with Crippen molar-refractivity contribution >= 4 is 28.9 Å². The molecule has 2 N–H and O–H groups in total. The number of halogens is 1. The number of phenolic OH excluding ortho intramolecular Hbond substituents is 1. The molecule has 26 heavy (non-hydrogen) atoms. The predicted molar refractivity (Wildman–Crippen MR) is 109 cm³/mol. The van der Waals surface area contributed by atoms with Gasteiger partial charge in [-0.15, -0.1) is 0 Å². The van der Waals surface area contributed by atoms with Crippen molar-refractivity contribution < 1.29 is 9.90 Å². The molecule has 0 unspecified atom stereocenters. The number of hydrogen-bond acceptors (Lipinski definition) is 3. The lowest BCUT2D eigenvalue weighted by Gasteiger charge is -2.27. The molecule has 0 aromatic heterocycles. The van der Waals surface area contributed by atoms with Crippen LogP contribution in [0.3, 0.4) is 0 Å². The zero-order chi connectivity index (χ0) is 19.1. The summed E-state index contributed by atoms with van der Waals surface area (Å²) in [5.41, 5.74) is 3.41. The minimum Gasteiger partial charge on any atom is -0.506 e. The fourth-order valence-corrected chi connectivity index (χ4v) is 3.14. The first-order chi connectivity index (χ1) is 12.5. The van der Waals surface area contributed by atoms with Crippen LogP contribution in [0, 0.1) is 6.92 Å². The first-order valence-corrected chi connectivity index (χ1v) is 9.58. The standard InChI is InChI=1S/C19H21ClN2O2.C2H6/c1-13-11-14(19(24)22-9-3-2-4-10-22)5-7-17(13)21-15-6-8-18(23)16(20)12-15;1-2/h5-8,11-12,21,23H,2-4,9-10H2,1H3;1-2H3. The van der Waals surface area contributed by atoms with Crippen LogP contribution in [0.2, 0.25) is 5.02 Å². The number of phenols is 1. The van der Waals surface area contributed by atoms with Gasteiger partial charge in [0.05, 0.1) is 5.02 Å². The maximum Gasteiger partial charge on any atom is 0.253 e. The summed E-state index contributed by atoms with van der Waals surface area (Å²) < 4.78 is 0. The van der Waals surface area contributed by atoms with Gasteiger partial charge >= 0.3 is 0 Å². The van der Waals surface area contributed by atoms with Crippen molar-refractivity contribution in [1.29, 1.82) is 0 Å². The second-order valence-corrected chi connectivity index (χ2v) is 6.58. The van der Waals surface area contributed by atoms with Crippen molar-refractivity contribution in [3.63, 3.8) is 0 Å². The maximum absolute atomic E-state index is 12.6. The smallest absolute Gasteiger partial charge is 0.253 e. The third-order valence-corrected chi connectivity index (χ3v) is 4.65. The molecule has 1 heterocycles. The summed E-state index contributed by atoms with van der Waals surface area (Å²) in [5.74, 6) is 0.165. The molecule has 1 aliphatic rings. The van der Waals surface area contributed by atoms with E-state index in [4.69, 9.17) is 11.6 Å². The number of aryl methyl sites for hydroxylation is 1. The van der Waals surface area contributed by atoms with Gasteiger partial charge in [-0.05, 0) is 68.1 Å². The molecule has 2 aromatic rings. The Hall–Kier alpha value is -2.20. The predicted octanol–water partition coefficient (Wildman–Crippen LogP) is 5.75. The number of carbonyl (C=O) groups excluding carboxylic acids is 1. The molecule has 140 valence electrons. The van der Waals surface area contributed by atoms with Crippen LogP contribution in [0.15, 0.2) is 36.4 Å². The number of hydrogen-bond donors (Lipinski definition) is 2. The Morgan fingerprint density at radius 2 is 1.77 bits per heavy atom. The number of carbonyl (C=O) groups is 1. The Morgan fingerprint density at radius 3 is 2.38 bits per heavy atom. The van der Waals surface area contributed by atoms with Gasteiger partial charge in [0.2, 0.25) is 0 Å². The van der Waals surface area contributed by atoms with Crippen LogP contribution in [0.25, 0.3) is 0 Å². The molecule has 5 heteroatoms. The van der Waals surface area contributed by atoms with Crippen molar-refractivity contribution in [2.24, 2.45) is 0 Å². The van der Waals surface area contributed by atoms with Crippen molar-refractivity contribution in [2.45, 2.75) is 40.0 Å². The first kappa shape index (κ1) is 20.1. The molecule has 0 radical (unpaired) electrons. The molecular weight excluding hydrogens is 348 g/mol. The van der Waals surface area contributed by atoms with Gasteiger partial charge in [0.25, 0.3) is 5.91 Å². The van der Waals surface area contributed by atoms with Crippen LogP contribution in [-0.2, 0) is 0 Å². The zero-order valence-electron chi connectivity index (χ0n) is 15.7. The van der Waals surface area contributed by atoms with E-state index in [0.29, 0.717) is 5.02 Å². The van der Waals surface area contributed by atoms with Gasteiger partial charge in [-0.25, -0.2) is 0 Å². The Morgan fingerprint density at radius 1 is 1.08 bits per heavy atom. The van der Waals surface area contributed by atoms with Gasteiger partial charge in [0.1, 0.15) is 5.75 Å². The van der Waals surface area contributed by atoms with Gasteiger partial charge in [-0.2, -0.15) is 0 Å². The molecule has 0 atom stereocenters. The maximum atomic E-state index is 12.6. The molecule has 3 rings (SSSR count). The molecule has 0 spiro atoms. The average Bonchev–Trinajstić information content (AvgIpc) is 2.68. The lowest BCUT2D eigenvalue weighted by atomic mass is 10.1. The number of nitrogens with zero attached hydrogens (tertiary/aromatic N) is 1. The van der Waals surface area contributed by atoms with E-state index in [1.165, 1.54) is 6.42 Å². The van der Waals surface area contributed by atoms with Crippen LogP contribution in [0.5, 0.6) is 5.75 Å². The second kappa shape index (κ2) is 9.48. The van der Waals surface area contributed by atoms with E-state index >= 15 is 0 Å². The summed E-state index contributed by atoms with van der Waals surface area (Å²) >= 11 is 5.93. The molecule has 0 saturated carbocycles. The number of anilines is 2. The third-order valence-electron chi connectivity index (χ3n) is 4.34. The highest BCUT2D eigenvalue weighted by Crippen LogP contribution is 2.29. The average molecular weight is 375 g/mol. The number of amides is 1. The van der Waals surface area contributed by atoms with E-state index in [9.17, 15) is 9.90 Å². The van der Waals surface area contributed by atoms with Crippen molar-refractivity contribution in [3.05, 3.63) is 52.5 Å². The summed E-state index contributed by atoms with van der Waals surface area (Å²) in [5, 5.41) is 13.0. The van der Waals surface area contributed by atoms with Crippen LogP contribution in [0.1, 0.15) is 49.0 Å². The lowest BCUT2D eigenvalue weighted by molar-refractivity contribution is 0.0724. The lowest BCUT2D eigenvalue weighted by Crippen LogP contribution is -2.35. The van der Waals surface area contributed by atoms with Gasteiger partial charge in [-0.1, -0.05) is 25.4 Å². The fourth-order valence-electron chi connectivity index (χ4n) is 2.96. The number of benzene rings is 2. The SMILES string of the molecule is CC.Cc1cc(C(=O)N2CCCCC2)ccc1Nc1ccc(O)c(Cl)c1. The number of nitrogens with one attached hydrogen (secondary N) is 1. The Bertz CT molecular complexity index is 756. The molecule has 4 nitrogen and oxygen atoms in total. The summed E-state index contributed by atoms with van der Waals surface area (Å²) in [6.45, 7) is 7.67. The molecule has 1 aliphatic heterocycles.